The topological polar surface area (TPSA) is 86.3 Å². The van der Waals surface area contributed by atoms with Crippen molar-refractivity contribution >= 4 is 5.57 Å². The van der Waals surface area contributed by atoms with Gasteiger partial charge < -0.3 is 15.8 Å². The van der Waals surface area contributed by atoms with Gasteiger partial charge in [-0.15, -0.1) is 0 Å². The second-order valence-corrected chi connectivity index (χ2v) is 8.55. The van der Waals surface area contributed by atoms with Crippen molar-refractivity contribution in [3.63, 3.8) is 0 Å². The van der Waals surface area contributed by atoms with E-state index in [2.05, 4.69) is 40.9 Å². The van der Waals surface area contributed by atoms with Gasteiger partial charge in [0.1, 0.15) is 11.9 Å². The zero-order valence-electron chi connectivity index (χ0n) is 19.1. The second kappa shape index (κ2) is 10.3. The van der Waals surface area contributed by atoms with E-state index in [1.807, 2.05) is 19.2 Å². The fourth-order valence-corrected chi connectivity index (χ4v) is 4.33. The van der Waals surface area contributed by atoms with Gasteiger partial charge in [-0.25, -0.2) is 9.40 Å². The molecule has 2 fully saturated rings. The molecular weight excluding hydrogens is 417 g/mol. The minimum atomic E-state index is -0.530. The standard InChI is InChI=1S/C26H30FN5O/c1-17-22(15-31-32(17)2)11-21(14-29)24-6-3-18(9-23-16-30-7-8-33-23)10-25(24)19-4-5-20(13-28)26(27)12-19/h3-6,10-12,14,17,23,30-31H,7-9,15-16,29H2,1-2H3/b21-14?,22-11-. The Morgan fingerprint density at radius 1 is 1.33 bits per heavy atom. The normalized spacial score (nSPS) is 23.1. The molecule has 2 unspecified atom stereocenters. The molecule has 7 heteroatoms. The van der Waals surface area contributed by atoms with Crippen molar-refractivity contribution in [2.24, 2.45) is 5.73 Å². The number of benzene rings is 2. The van der Waals surface area contributed by atoms with E-state index in [1.54, 1.807) is 12.3 Å². The molecule has 2 heterocycles. The first kappa shape index (κ1) is 23.1. The first-order chi connectivity index (χ1) is 16.0. The summed E-state index contributed by atoms with van der Waals surface area (Å²) >= 11 is 0. The van der Waals surface area contributed by atoms with Gasteiger partial charge in [-0.05, 0) is 58.9 Å². The van der Waals surface area contributed by atoms with Crippen molar-refractivity contribution in [1.29, 1.82) is 5.26 Å². The van der Waals surface area contributed by atoms with Crippen LogP contribution in [-0.4, -0.2) is 50.4 Å². The molecule has 2 aliphatic rings. The van der Waals surface area contributed by atoms with Crippen LogP contribution in [-0.2, 0) is 11.2 Å². The number of halogens is 1. The Labute approximate surface area is 194 Å². The third kappa shape index (κ3) is 5.15. The van der Waals surface area contributed by atoms with Crippen molar-refractivity contribution in [3.8, 4) is 17.2 Å². The molecule has 0 amide bonds. The minimum Gasteiger partial charge on any atom is -0.404 e. The maximum atomic E-state index is 14.5. The van der Waals surface area contributed by atoms with Crippen molar-refractivity contribution in [1.82, 2.24) is 15.8 Å². The number of allylic oxidation sites excluding steroid dienone is 2. The number of nitrogens with zero attached hydrogens (tertiary/aromatic N) is 2. The molecule has 2 aliphatic heterocycles. The quantitative estimate of drug-likeness (QED) is 0.653. The molecule has 0 aromatic heterocycles. The Balaban J connectivity index is 1.76. The van der Waals surface area contributed by atoms with Crippen LogP contribution in [0.25, 0.3) is 16.7 Å². The number of likely N-dealkylation sites (N-methyl/N-ethyl adjacent to an activating group) is 1. The maximum absolute atomic E-state index is 14.5. The Bertz CT molecular complexity index is 1110. The van der Waals surface area contributed by atoms with Gasteiger partial charge in [0.25, 0.3) is 0 Å². The van der Waals surface area contributed by atoms with Crippen LogP contribution in [0.3, 0.4) is 0 Å². The summed E-state index contributed by atoms with van der Waals surface area (Å²) in [5, 5.41) is 14.6. The van der Waals surface area contributed by atoms with E-state index < -0.39 is 5.82 Å². The van der Waals surface area contributed by atoms with Crippen LogP contribution in [0.4, 0.5) is 4.39 Å². The largest absolute Gasteiger partial charge is 0.404 e. The van der Waals surface area contributed by atoms with Crippen LogP contribution in [0.1, 0.15) is 23.6 Å². The van der Waals surface area contributed by atoms with E-state index in [0.29, 0.717) is 12.2 Å². The van der Waals surface area contributed by atoms with Crippen LogP contribution in [0.2, 0.25) is 0 Å². The summed E-state index contributed by atoms with van der Waals surface area (Å²) in [5.41, 5.74) is 15.1. The molecule has 2 aromatic rings. The van der Waals surface area contributed by atoms with Gasteiger partial charge in [0, 0.05) is 38.9 Å². The molecule has 0 spiro atoms. The summed E-state index contributed by atoms with van der Waals surface area (Å²) in [6.07, 6.45) is 4.56. The molecule has 4 N–H and O–H groups in total. The molecule has 0 saturated carbocycles. The highest BCUT2D eigenvalue weighted by Gasteiger charge is 2.22. The van der Waals surface area contributed by atoms with Crippen molar-refractivity contribution < 1.29 is 9.13 Å². The van der Waals surface area contributed by atoms with Crippen LogP contribution < -0.4 is 16.5 Å². The molecule has 6 nitrogen and oxygen atoms in total. The lowest BCUT2D eigenvalue weighted by atomic mass is 9.90. The van der Waals surface area contributed by atoms with Gasteiger partial charge in [-0.3, -0.25) is 5.43 Å². The Hall–Kier alpha value is -3.02. The molecule has 172 valence electrons. The highest BCUT2D eigenvalue weighted by atomic mass is 19.1. The zero-order valence-corrected chi connectivity index (χ0v) is 19.1. The minimum absolute atomic E-state index is 0.0312. The molecule has 2 aromatic carbocycles. The number of nitrogens with one attached hydrogen (secondary N) is 2. The Kier molecular flexibility index (Phi) is 7.21. The number of nitrogens with two attached hydrogens (primary N) is 1. The predicted octanol–water partition coefficient (Wildman–Crippen LogP) is 2.96. The summed E-state index contributed by atoms with van der Waals surface area (Å²) in [7, 11) is 2.01. The lowest BCUT2D eigenvalue weighted by molar-refractivity contribution is 0.0292. The first-order valence-electron chi connectivity index (χ1n) is 11.2. The van der Waals surface area contributed by atoms with Crippen LogP contribution >= 0.6 is 0 Å². The SMILES string of the molecule is CC1/C(=C\C(=CN)c2ccc(CC3CNCCO3)cc2-c2ccc(C#N)c(F)c2)CNN1C. The first-order valence-corrected chi connectivity index (χ1v) is 11.2. The Morgan fingerprint density at radius 3 is 2.82 bits per heavy atom. The molecular formula is C26H30FN5O. The number of hydrazine groups is 1. The molecule has 2 saturated heterocycles. The average Bonchev–Trinajstić information content (AvgIpc) is 3.15. The van der Waals surface area contributed by atoms with E-state index in [-0.39, 0.29) is 17.7 Å². The molecule has 2 atom stereocenters. The highest BCUT2D eigenvalue weighted by Crippen LogP contribution is 2.33. The number of morpholine rings is 1. The molecule has 33 heavy (non-hydrogen) atoms. The maximum Gasteiger partial charge on any atom is 0.141 e. The highest BCUT2D eigenvalue weighted by molar-refractivity contribution is 5.86. The van der Waals surface area contributed by atoms with Crippen molar-refractivity contribution in [3.05, 3.63) is 76.8 Å². The lowest BCUT2D eigenvalue weighted by Gasteiger charge is -2.24. The summed E-state index contributed by atoms with van der Waals surface area (Å²) < 4.78 is 20.4. The van der Waals surface area contributed by atoms with Crippen LogP contribution in [0, 0.1) is 17.1 Å². The third-order valence-electron chi connectivity index (χ3n) is 6.43. The van der Waals surface area contributed by atoms with Gasteiger partial charge in [0.2, 0.25) is 0 Å². The third-order valence-corrected chi connectivity index (χ3v) is 6.43. The number of ether oxygens (including phenoxy) is 1. The van der Waals surface area contributed by atoms with E-state index in [0.717, 1.165) is 48.3 Å². The van der Waals surface area contributed by atoms with E-state index in [9.17, 15) is 4.39 Å². The van der Waals surface area contributed by atoms with Gasteiger partial charge in [-0.2, -0.15) is 5.26 Å². The van der Waals surface area contributed by atoms with Gasteiger partial charge in [-0.1, -0.05) is 30.3 Å². The molecule has 4 rings (SSSR count). The second-order valence-electron chi connectivity index (χ2n) is 8.55. The lowest BCUT2D eigenvalue weighted by Crippen LogP contribution is -2.39. The fourth-order valence-electron chi connectivity index (χ4n) is 4.33. The number of nitriles is 1. The van der Waals surface area contributed by atoms with Crippen molar-refractivity contribution in [2.45, 2.75) is 25.5 Å². The van der Waals surface area contributed by atoms with Crippen LogP contribution in [0.5, 0.6) is 0 Å². The molecule has 0 radical (unpaired) electrons. The number of hydrogen-bond acceptors (Lipinski definition) is 6. The van der Waals surface area contributed by atoms with Gasteiger partial charge in [0.15, 0.2) is 0 Å². The van der Waals surface area contributed by atoms with Gasteiger partial charge in [0.05, 0.1) is 18.3 Å². The van der Waals surface area contributed by atoms with E-state index in [1.165, 1.54) is 17.7 Å². The molecule has 0 bridgehead atoms. The molecule has 0 aliphatic carbocycles. The fraction of sp³-hybridized carbons (Fsp3) is 0.346. The van der Waals surface area contributed by atoms with E-state index >= 15 is 0 Å². The summed E-state index contributed by atoms with van der Waals surface area (Å²) in [6, 6.07) is 13.1. The summed E-state index contributed by atoms with van der Waals surface area (Å²) in [5.74, 6) is -0.530. The summed E-state index contributed by atoms with van der Waals surface area (Å²) in [4.78, 5) is 0. The number of hydrogen-bond donors (Lipinski definition) is 3. The van der Waals surface area contributed by atoms with E-state index in [4.69, 9.17) is 15.7 Å². The zero-order chi connectivity index (χ0) is 23.4. The predicted molar refractivity (Wildman–Crippen MR) is 128 cm³/mol. The van der Waals surface area contributed by atoms with Crippen molar-refractivity contribution in [2.75, 3.05) is 33.3 Å². The van der Waals surface area contributed by atoms with Gasteiger partial charge >= 0.3 is 0 Å². The number of rotatable bonds is 5. The van der Waals surface area contributed by atoms with Crippen LogP contribution in [0.15, 0.2) is 54.2 Å². The smallest absolute Gasteiger partial charge is 0.141 e. The monoisotopic (exact) mass is 447 g/mol. The average molecular weight is 448 g/mol. The Morgan fingerprint density at radius 2 is 2.18 bits per heavy atom. The summed E-state index contributed by atoms with van der Waals surface area (Å²) in [6.45, 7) is 5.26.